The van der Waals surface area contributed by atoms with Crippen molar-refractivity contribution < 1.29 is 14.3 Å². The van der Waals surface area contributed by atoms with Gasteiger partial charge in [-0.25, -0.2) is 9.64 Å². The van der Waals surface area contributed by atoms with E-state index < -0.39 is 12.1 Å². The van der Waals surface area contributed by atoms with Crippen molar-refractivity contribution in [2.75, 3.05) is 6.54 Å². The first kappa shape index (κ1) is 36.9. The lowest BCUT2D eigenvalue weighted by Crippen LogP contribution is -2.50. The van der Waals surface area contributed by atoms with E-state index in [0.29, 0.717) is 12.2 Å². The van der Waals surface area contributed by atoms with Crippen molar-refractivity contribution in [1.29, 1.82) is 0 Å². The molecule has 0 spiro atoms. The van der Waals surface area contributed by atoms with Gasteiger partial charge in [0.05, 0.1) is 6.57 Å². The molecule has 0 aliphatic heterocycles. The lowest BCUT2D eigenvalue weighted by Gasteiger charge is -2.21. The first-order valence-corrected chi connectivity index (χ1v) is 17.2. The molecule has 44 heavy (non-hydrogen) atoms. The predicted octanol–water partition coefficient (Wildman–Crippen LogP) is 10.5. The SMILES string of the molecule is [C-]#[N+]c1ccc(-c2ccc(COC(=O)NC(C(=O)NCCCCCCCCCCCCCCCCCC)C(C)C)cc2)cc1. The molecule has 6 heteroatoms. The first-order chi connectivity index (χ1) is 21.4. The van der Waals surface area contributed by atoms with Crippen molar-refractivity contribution in [1.82, 2.24) is 10.6 Å². The Morgan fingerprint density at radius 1 is 0.705 bits per heavy atom. The number of carbonyl (C=O) groups is 2. The normalized spacial score (nSPS) is 11.6. The minimum Gasteiger partial charge on any atom is -0.445 e. The van der Waals surface area contributed by atoms with Gasteiger partial charge >= 0.3 is 6.09 Å². The zero-order valence-electron chi connectivity index (χ0n) is 27.7. The van der Waals surface area contributed by atoms with E-state index >= 15 is 0 Å². The Kier molecular flexibility index (Phi) is 19.4. The summed E-state index contributed by atoms with van der Waals surface area (Å²) < 4.78 is 5.41. The van der Waals surface area contributed by atoms with Gasteiger partial charge in [0.25, 0.3) is 0 Å². The molecule has 2 rings (SSSR count). The number of ether oxygens (including phenoxy) is 1. The van der Waals surface area contributed by atoms with Gasteiger partial charge in [-0.1, -0.05) is 166 Å². The zero-order chi connectivity index (χ0) is 31.8. The van der Waals surface area contributed by atoms with E-state index in [4.69, 9.17) is 11.3 Å². The van der Waals surface area contributed by atoms with Crippen LogP contribution in [0.5, 0.6) is 0 Å². The molecule has 0 aliphatic carbocycles. The fourth-order valence-electron chi connectivity index (χ4n) is 5.37. The first-order valence-electron chi connectivity index (χ1n) is 17.2. The third kappa shape index (κ3) is 15.9. The molecule has 2 N–H and O–H groups in total. The van der Waals surface area contributed by atoms with Gasteiger partial charge in [0.15, 0.2) is 5.69 Å². The molecule has 0 aliphatic rings. The van der Waals surface area contributed by atoms with Crippen molar-refractivity contribution in [3.8, 4) is 11.1 Å². The number of alkyl carbamates (subject to hydrolysis) is 1. The maximum Gasteiger partial charge on any atom is 0.408 e. The molecule has 0 fully saturated rings. The predicted molar refractivity (Wildman–Crippen MR) is 183 cm³/mol. The summed E-state index contributed by atoms with van der Waals surface area (Å²) in [5.74, 6) is -0.214. The van der Waals surface area contributed by atoms with Crippen molar-refractivity contribution in [3.05, 3.63) is 65.5 Å². The Balaban J connectivity index is 1.53. The molecule has 0 saturated carbocycles. The number of nitrogens with one attached hydrogen (secondary N) is 2. The largest absolute Gasteiger partial charge is 0.445 e. The number of unbranched alkanes of at least 4 members (excludes halogenated alkanes) is 15. The van der Waals surface area contributed by atoms with Crippen LogP contribution in [-0.4, -0.2) is 24.6 Å². The summed E-state index contributed by atoms with van der Waals surface area (Å²) in [6.07, 6.45) is 20.6. The highest BCUT2D eigenvalue weighted by atomic mass is 16.5. The average Bonchev–Trinajstić information content (AvgIpc) is 3.04. The molecule has 2 aromatic carbocycles. The minimum absolute atomic E-state index is 0.0538. The van der Waals surface area contributed by atoms with Crippen LogP contribution < -0.4 is 10.6 Å². The van der Waals surface area contributed by atoms with Crippen LogP contribution >= 0.6 is 0 Å². The molecule has 0 radical (unpaired) electrons. The van der Waals surface area contributed by atoms with Crippen molar-refractivity contribution in [2.24, 2.45) is 5.92 Å². The van der Waals surface area contributed by atoms with Gasteiger partial charge in [0.1, 0.15) is 12.6 Å². The van der Waals surface area contributed by atoms with Gasteiger partial charge in [0.2, 0.25) is 5.91 Å². The standard InChI is InChI=1S/C38H57N3O3/c1-5-6-7-8-9-10-11-12-13-14-15-16-17-18-19-20-29-40-37(42)36(31(2)3)41-38(43)44-30-32-21-23-33(24-22-32)34-25-27-35(39-4)28-26-34/h21-28,31,36H,5-20,29-30H2,1-3H3,(H,40,42)(H,41,43). The molecule has 6 nitrogen and oxygen atoms in total. The van der Waals surface area contributed by atoms with Gasteiger partial charge in [-0.3, -0.25) is 4.79 Å². The van der Waals surface area contributed by atoms with Crippen LogP contribution in [0, 0.1) is 12.5 Å². The second-order valence-corrected chi connectivity index (χ2v) is 12.4. The average molecular weight is 604 g/mol. The Hall–Kier alpha value is -3.33. The van der Waals surface area contributed by atoms with E-state index in [1.165, 1.54) is 89.9 Å². The highest BCUT2D eigenvalue weighted by Gasteiger charge is 2.24. The van der Waals surface area contributed by atoms with Gasteiger partial charge in [0, 0.05) is 6.54 Å². The summed E-state index contributed by atoms with van der Waals surface area (Å²) in [6, 6.07) is 14.6. The number of hydrogen-bond acceptors (Lipinski definition) is 3. The second kappa shape index (κ2) is 23.1. The van der Waals surface area contributed by atoms with Crippen LogP contribution in [0.4, 0.5) is 10.5 Å². The van der Waals surface area contributed by atoms with Crippen LogP contribution in [0.2, 0.25) is 0 Å². The lowest BCUT2D eigenvalue weighted by atomic mass is 10.0. The summed E-state index contributed by atoms with van der Waals surface area (Å²) in [4.78, 5) is 28.7. The quantitative estimate of drug-likeness (QED) is 0.0980. The molecule has 1 unspecified atom stereocenters. The summed E-state index contributed by atoms with van der Waals surface area (Å²) in [5, 5.41) is 5.74. The van der Waals surface area contributed by atoms with Crippen LogP contribution in [0.25, 0.3) is 16.0 Å². The summed E-state index contributed by atoms with van der Waals surface area (Å²) >= 11 is 0. The van der Waals surface area contributed by atoms with Gasteiger partial charge < -0.3 is 15.4 Å². The Labute approximate surface area is 267 Å². The topological polar surface area (TPSA) is 71.8 Å². The van der Waals surface area contributed by atoms with Gasteiger partial charge in [-0.2, -0.15) is 0 Å². The van der Waals surface area contributed by atoms with E-state index in [2.05, 4.69) is 22.4 Å². The summed E-state index contributed by atoms with van der Waals surface area (Å²) in [6.45, 7) is 13.9. The van der Waals surface area contributed by atoms with E-state index in [0.717, 1.165) is 29.5 Å². The minimum atomic E-state index is -0.635. The third-order valence-corrected chi connectivity index (χ3v) is 8.21. The van der Waals surface area contributed by atoms with Crippen molar-refractivity contribution in [3.63, 3.8) is 0 Å². The molecule has 242 valence electrons. The van der Waals surface area contributed by atoms with Gasteiger partial charge in [-0.05, 0) is 29.0 Å². The maximum absolute atomic E-state index is 12.8. The summed E-state index contributed by atoms with van der Waals surface area (Å²) in [5.41, 5.74) is 3.51. The molecule has 0 aromatic heterocycles. The monoisotopic (exact) mass is 603 g/mol. The number of nitrogens with zero attached hydrogens (tertiary/aromatic N) is 1. The van der Waals surface area contributed by atoms with Crippen LogP contribution in [-0.2, 0) is 16.1 Å². The maximum atomic E-state index is 12.8. The van der Waals surface area contributed by atoms with Crippen LogP contribution in [0.3, 0.4) is 0 Å². The van der Waals surface area contributed by atoms with E-state index in [1.54, 1.807) is 12.1 Å². The molecular formula is C38H57N3O3. The van der Waals surface area contributed by atoms with Crippen molar-refractivity contribution in [2.45, 2.75) is 136 Å². The molecule has 2 aromatic rings. The second-order valence-electron chi connectivity index (χ2n) is 12.4. The van der Waals surface area contributed by atoms with E-state index in [9.17, 15) is 9.59 Å². The Bertz CT molecular complexity index is 1090. The van der Waals surface area contributed by atoms with Crippen LogP contribution in [0.1, 0.15) is 129 Å². The van der Waals surface area contributed by atoms with Crippen molar-refractivity contribution >= 4 is 17.7 Å². The fraction of sp³-hybridized carbons (Fsp3) is 0.605. The zero-order valence-corrected chi connectivity index (χ0v) is 27.7. The Morgan fingerprint density at radius 3 is 1.61 bits per heavy atom. The molecular weight excluding hydrogens is 546 g/mol. The molecule has 0 saturated heterocycles. The number of amides is 2. The summed E-state index contributed by atoms with van der Waals surface area (Å²) in [7, 11) is 0. The molecule has 1 atom stereocenters. The third-order valence-electron chi connectivity index (χ3n) is 8.21. The molecule has 0 bridgehead atoms. The smallest absolute Gasteiger partial charge is 0.408 e. The molecule has 2 amide bonds. The number of hydrogen-bond donors (Lipinski definition) is 2. The molecule has 0 heterocycles. The number of carbonyl (C=O) groups excluding carboxylic acids is 2. The fourth-order valence-corrected chi connectivity index (χ4v) is 5.37. The van der Waals surface area contributed by atoms with Crippen LogP contribution in [0.15, 0.2) is 48.5 Å². The number of benzene rings is 2. The van der Waals surface area contributed by atoms with E-state index in [-0.39, 0.29) is 18.4 Å². The highest BCUT2D eigenvalue weighted by molar-refractivity contribution is 5.85. The lowest BCUT2D eigenvalue weighted by molar-refractivity contribution is -0.124. The van der Waals surface area contributed by atoms with Gasteiger partial charge in [-0.15, -0.1) is 0 Å². The highest BCUT2D eigenvalue weighted by Crippen LogP contribution is 2.23. The number of rotatable bonds is 23. The Morgan fingerprint density at radius 2 is 1.16 bits per heavy atom. The van der Waals surface area contributed by atoms with E-state index in [1.807, 2.05) is 50.2 Å².